The van der Waals surface area contributed by atoms with Gasteiger partial charge in [0.15, 0.2) is 5.17 Å². The van der Waals surface area contributed by atoms with Crippen LogP contribution in [0.3, 0.4) is 0 Å². The van der Waals surface area contributed by atoms with Crippen LogP contribution < -0.4 is 5.32 Å². The fourth-order valence-electron chi connectivity index (χ4n) is 4.08. The number of hydrogen-bond acceptors (Lipinski definition) is 4. The Balaban J connectivity index is 1.50. The van der Waals surface area contributed by atoms with Crippen LogP contribution in [0, 0.1) is 11.8 Å². The molecule has 2 aliphatic heterocycles. The molecule has 0 aromatic carbocycles. The second kappa shape index (κ2) is 4.48. The summed E-state index contributed by atoms with van der Waals surface area (Å²) in [6.07, 6.45) is 6.97. The van der Waals surface area contributed by atoms with Crippen LogP contribution in [0.25, 0.3) is 0 Å². The van der Waals surface area contributed by atoms with E-state index in [1.807, 2.05) is 0 Å². The van der Waals surface area contributed by atoms with Crippen LogP contribution in [-0.4, -0.2) is 35.1 Å². The van der Waals surface area contributed by atoms with Crippen LogP contribution in [0.4, 0.5) is 0 Å². The highest BCUT2D eigenvalue weighted by molar-refractivity contribution is 8.16. The van der Waals surface area contributed by atoms with Crippen molar-refractivity contribution in [2.24, 2.45) is 16.8 Å². The summed E-state index contributed by atoms with van der Waals surface area (Å²) in [5.74, 6) is 1.84. The van der Waals surface area contributed by atoms with Crippen molar-refractivity contribution in [2.45, 2.75) is 49.3 Å². The number of thioether (sulfide) groups is 1. The number of carbonyl (C=O) groups is 1. The average Bonchev–Trinajstić information content (AvgIpc) is 3.08. The molecule has 0 aromatic rings. The highest BCUT2D eigenvalue weighted by Gasteiger charge is 2.48. The SMILES string of the molecule is O=C1NC(=NC2C[C@@H]3CC[C@H]2C3)SC12CCOCC2. The first kappa shape index (κ1) is 12.2. The first-order valence-corrected chi connectivity index (χ1v) is 8.23. The molecule has 2 bridgehead atoms. The molecule has 2 saturated carbocycles. The second-order valence-corrected chi connectivity index (χ2v) is 7.71. The normalized spacial score (nSPS) is 42.2. The summed E-state index contributed by atoms with van der Waals surface area (Å²) in [6.45, 7) is 1.39. The van der Waals surface area contributed by atoms with Gasteiger partial charge in [0, 0.05) is 13.2 Å². The maximum absolute atomic E-state index is 12.2. The van der Waals surface area contributed by atoms with Crippen LogP contribution in [-0.2, 0) is 9.53 Å². The van der Waals surface area contributed by atoms with E-state index in [1.54, 1.807) is 11.8 Å². The van der Waals surface area contributed by atoms with Gasteiger partial charge in [0.2, 0.25) is 5.91 Å². The average molecular weight is 280 g/mol. The zero-order valence-corrected chi connectivity index (χ0v) is 11.9. The molecule has 104 valence electrons. The number of carbonyl (C=O) groups excluding carboxylic acids is 1. The van der Waals surface area contributed by atoms with Crippen molar-refractivity contribution in [3.8, 4) is 0 Å². The van der Waals surface area contributed by atoms with E-state index in [1.165, 1.54) is 25.7 Å². The molecule has 19 heavy (non-hydrogen) atoms. The lowest BCUT2D eigenvalue weighted by Gasteiger charge is -2.28. The van der Waals surface area contributed by atoms with Crippen LogP contribution in [0.2, 0.25) is 0 Å². The summed E-state index contributed by atoms with van der Waals surface area (Å²) in [5.41, 5.74) is 0. The van der Waals surface area contributed by atoms with Crippen LogP contribution in [0.5, 0.6) is 0 Å². The van der Waals surface area contributed by atoms with Crippen molar-refractivity contribution in [2.75, 3.05) is 13.2 Å². The first-order chi connectivity index (χ1) is 9.25. The molecular weight excluding hydrogens is 260 g/mol. The van der Waals surface area contributed by atoms with Gasteiger partial charge in [-0.2, -0.15) is 0 Å². The van der Waals surface area contributed by atoms with E-state index >= 15 is 0 Å². The number of hydrogen-bond donors (Lipinski definition) is 1. The van der Waals surface area contributed by atoms with Crippen LogP contribution in [0.1, 0.15) is 38.5 Å². The molecule has 4 fully saturated rings. The van der Waals surface area contributed by atoms with E-state index in [4.69, 9.17) is 9.73 Å². The van der Waals surface area contributed by atoms with Gasteiger partial charge in [-0.1, -0.05) is 18.2 Å². The van der Waals surface area contributed by atoms with E-state index in [2.05, 4.69) is 5.32 Å². The van der Waals surface area contributed by atoms with Crippen molar-refractivity contribution < 1.29 is 9.53 Å². The molecule has 2 aliphatic carbocycles. The minimum atomic E-state index is -0.283. The lowest BCUT2D eigenvalue weighted by atomic mass is 9.96. The number of ether oxygens (including phenoxy) is 1. The summed E-state index contributed by atoms with van der Waals surface area (Å²) >= 11 is 1.67. The molecule has 4 rings (SSSR count). The van der Waals surface area contributed by atoms with Crippen LogP contribution in [0.15, 0.2) is 4.99 Å². The van der Waals surface area contributed by atoms with E-state index < -0.39 is 0 Å². The number of aliphatic imine (C=N–C) groups is 1. The Morgan fingerprint density at radius 2 is 2.11 bits per heavy atom. The quantitative estimate of drug-likeness (QED) is 0.798. The Kier molecular flexibility index (Phi) is 2.88. The number of nitrogens with zero attached hydrogens (tertiary/aromatic N) is 1. The molecule has 2 saturated heterocycles. The number of rotatable bonds is 1. The van der Waals surface area contributed by atoms with Crippen molar-refractivity contribution >= 4 is 22.8 Å². The fourth-order valence-corrected chi connectivity index (χ4v) is 5.29. The Hall–Kier alpha value is -0.550. The second-order valence-electron chi connectivity index (χ2n) is 6.34. The smallest absolute Gasteiger partial charge is 0.242 e. The summed E-state index contributed by atoms with van der Waals surface area (Å²) in [5, 5.41) is 3.90. The van der Waals surface area contributed by atoms with Gasteiger partial charge >= 0.3 is 0 Å². The highest BCUT2D eigenvalue weighted by Crippen LogP contribution is 2.47. The van der Waals surface area contributed by atoms with Gasteiger partial charge in [-0.15, -0.1) is 0 Å². The third-order valence-corrected chi connectivity index (χ3v) is 6.60. The molecule has 1 amide bonds. The minimum absolute atomic E-state index is 0.155. The fraction of sp³-hybridized carbons (Fsp3) is 0.857. The predicted octanol–water partition coefficient (Wildman–Crippen LogP) is 1.94. The standard InChI is InChI=1S/C14H20N2O2S/c17-12-14(3-5-18-6-4-14)19-13(16-12)15-11-8-9-1-2-10(11)7-9/h9-11H,1-8H2,(H,15,16,17)/t9-,10+,11?/m1/s1. The maximum Gasteiger partial charge on any atom is 0.242 e. The van der Waals surface area contributed by atoms with Crippen molar-refractivity contribution in [3.05, 3.63) is 0 Å². The largest absolute Gasteiger partial charge is 0.381 e. The molecule has 0 aromatic heterocycles. The Bertz CT molecular complexity index is 431. The lowest BCUT2D eigenvalue weighted by Crippen LogP contribution is -2.41. The van der Waals surface area contributed by atoms with Crippen molar-refractivity contribution in [1.82, 2.24) is 5.32 Å². The van der Waals surface area contributed by atoms with Gasteiger partial charge in [-0.05, 0) is 43.9 Å². The topological polar surface area (TPSA) is 50.7 Å². The van der Waals surface area contributed by atoms with Gasteiger partial charge in [0.05, 0.1) is 6.04 Å². The van der Waals surface area contributed by atoms with E-state index in [0.29, 0.717) is 19.3 Å². The molecule has 4 aliphatic rings. The summed E-state index contributed by atoms with van der Waals surface area (Å²) in [7, 11) is 0. The van der Waals surface area contributed by atoms with Gasteiger partial charge in [-0.25, -0.2) is 0 Å². The lowest BCUT2D eigenvalue weighted by molar-refractivity contribution is -0.123. The van der Waals surface area contributed by atoms with E-state index in [-0.39, 0.29) is 10.7 Å². The van der Waals surface area contributed by atoms with Gasteiger partial charge in [-0.3, -0.25) is 9.79 Å². The first-order valence-electron chi connectivity index (χ1n) is 7.41. The monoisotopic (exact) mass is 280 g/mol. The molecule has 1 N–H and O–H groups in total. The molecule has 5 heteroatoms. The van der Waals surface area contributed by atoms with Crippen molar-refractivity contribution in [1.29, 1.82) is 0 Å². The Labute approximate surface area is 117 Å². The zero-order chi connectivity index (χ0) is 12.9. The minimum Gasteiger partial charge on any atom is -0.381 e. The highest BCUT2D eigenvalue weighted by atomic mass is 32.2. The van der Waals surface area contributed by atoms with E-state index in [0.717, 1.165) is 29.8 Å². The van der Waals surface area contributed by atoms with Crippen LogP contribution >= 0.6 is 11.8 Å². The molecule has 3 atom stereocenters. The number of fused-ring (bicyclic) bond motifs is 2. The van der Waals surface area contributed by atoms with Gasteiger partial charge < -0.3 is 10.1 Å². The van der Waals surface area contributed by atoms with E-state index in [9.17, 15) is 4.79 Å². The molecular formula is C14H20N2O2S. The molecule has 2 heterocycles. The zero-order valence-electron chi connectivity index (χ0n) is 11.1. The van der Waals surface area contributed by atoms with Gasteiger partial charge in [0.1, 0.15) is 4.75 Å². The third-order valence-electron chi connectivity index (χ3n) is 5.21. The maximum atomic E-state index is 12.2. The third kappa shape index (κ3) is 2.02. The van der Waals surface area contributed by atoms with Gasteiger partial charge in [0.25, 0.3) is 0 Å². The summed E-state index contributed by atoms with van der Waals surface area (Å²) < 4.78 is 5.10. The van der Waals surface area contributed by atoms with Crippen molar-refractivity contribution in [3.63, 3.8) is 0 Å². The number of amides is 1. The Morgan fingerprint density at radius 3 is 2.79 bits per heavy atom. The number of amidine groups is 1. The molecule has 4 nitrogen and oxygen atoms in total. The summed E-state index contributed by atoms with van der Waals surface area (Å²) in [6, 6.07) is 0.469. The predicted molar refractivity (Wildman–Crippen MR) is 75.2 cm³/mol. The molecule has 0 radical (unpaired) electrons. The Morgan fingerprint density at radius 1 is 1.26 bits per heavy atom. The molecule has 1 spiro atoms. The number of nitrogens with one attached hydrogen (secondary N) is 1. The summed E-state index contributed by atoms with van der Waals surface area (Å²) in [4.78, 5) is 17.1. The molecule has 1 unspecified atom stereocenters.